The van der Waals surface area contributed by atoms with E-state index in [2.05, 4.69) is 15.0 Å². The predicted octanol–water partition coefficient (Wildman–Crippen LogP) is 3.90. The fourth-order valence-corrected chi connectivity index (χ4v) is 3.99. The van der Waals surface area contributed by atoms with E-state index < -0.39 is 10.0 Å². The summed E-state index contributed by atoms with van der Waals surface area (Å²) >= 11 is 1.19. The lowest BCUT2D eigenvalue weighted by Crippen LogP contribution is -2.13. The number of aryl methyl sites for hydroxylation is 1. The standard InChI is InChI=1S/C19H17N3O3S2/c1-14-2-4-15(5-3-14)6-11-18(23)21-16-7-9-17(10-8-16)27(24,25)22-19-20-12-13-26-19/h2-13H,1H3,(H,20,22)(H,21,23)/b11-6+. The van der Waals surface area contributed by atoms with Gasteiger partial charge in [-0.3, -0.25) is 9.52 Å². The van der Waals surface area contributed by atoms with E-state index in [0.29, 0.717) is 10.8 Å². The van der Waals surface area contributed by atoms with Gasteiger partial charge in [0.2, 0.25) is 5.91 Å². The number of anilines is 2. The van der Waals surface area contributed by atoms with Crippen LogP contribution in [-0.2, 0) is 14.8 Å². The number of nitrogens with zero attached hydrogens (tertiary/aromatic N) is 1. The number of carbonyl (C=O) groups excluding carboxylic acids is 1. The second kappa shape index (κ2) is 8.15. The van der Waals surface area contributed by atoms with Crippen LogP contribution in [0.2, 0.25) is 0 Å². The Kier molecular flexibility index (Phi) is 5.68. The van der Waals surface area contributed by atoms with Gasteiger partial charge in [0.05, 0.1) is 4.90 Å². The number of aromatic nitrogens is 1. The van der Waals surface area contributed by atoms with Gasteiger partial charge in [0.25, 0.3) is 10.0 Å². The maximum atomic E-state index is 12.3. The average molecular weight is 399 g/mol. The normalized spacial score (nSPS) is 11.4. The second-order valence-electron chi connectivity index (χ2n) is 5.70. The lowest BCUT2D eigenvalue weighted by Gasteiger charge is -2.07. The highest BCUT2D eigenvalue weighted by Crippen LogP contribution is 2.19. The summed E-state index contributed by atoms with van der Waals surface area (Å²) in [7, 11) is -3.71. The molecule has 0 aliphatic heterocycles. The molecule has 2 aromatic carbocycles. The summed E-state index contributed by atoms with van der Waals surface area (Å²) in [6.45, 7) is 2.00. The van der Waals surface area contributed by atoms with Gasteiger partial charge in [0.1, 0.15) is 0 Å². The molecule has 0 aliphatic carbocycles. The maximum Gasteiger partial charge on any atom is 0.263 e. The van der Waals surface area contributed by atoms with Crippen molar-refractivity contribution in [3.05, 3.63) is 77.3 Å². The first-order valence-corrected chi connectivity index (χ1v) is 10.4. The molecule has 0 spiro atoms. The first kappa shape index (κ1) is 18.8. The molecule has 0 fully saturated rings. The highest BCUT2D eigenvalue weighted by atomic mass is 32.2. The second-order valence-corrected chi connectivity index (χ2v) is 8.28. The monoisotopic (exact) mass is 399 g/mol. The lowest BCUT2D eigenvalue weighted by atomic mass is 10.1. The van der Waals surface area contributed by atoms with Gasteiger partial charge < -0.3 is 5.32 Å². The van der Waals surface area contributed by atoms with Crippen molar-refractivity contribution in [3.63, 3.8) is 0 Å². The Balaban J connectivity index is 1.63. The van der Waals surface area contributed by atoms with Gasteiger partial charge in [0, 0.05) is 23.3 Å². The third-order valence-electron chi connectivity index (χ3n) is 3.59. The number of hydrogen-bond donors (Lipinski definition) is 2. The minimum Gasteiger partial charge on any atom is -0.323 e. The fourth-order valence-electron chi connectivity index (χ4n) is 2.20. The molecule has 1 amide bonds. The van der Waals surface area contributed by atoms with Crippen LogP contribution in [0.25, 0.3) is 6.08 Å². The molecule has 6 nitrogen and oxygen atoms in total. The third-order valence-corrected chi connectivity index (χ3v) is 5.76. The number of hydrogen-bond acceptors (Lipinski definition) is 5. The van der Waals surface area contributed by atoms with E-state index in [1.54, 1.807) is 11.5 Å². The molecule has 27 heavy (non-hydrogen) atoms. The molecular formula is C19H17N3O3S2. The van der Waals surface area contributed by atoms with Crippen molar-refractivity contribution in [2.24, 2.45) is 0 Å². The summed E-state index contributed by atoms with van der Waals surface area (Å²) in [6, 6.07) is 13.7. The predicted molar refractivity (Wildman–Crippen MR) is 108 cm³/mol. The Bertz CT molecular complexity index is 1040. The van der Waals surface area contributed by atoms with Crippen molar-refractivity contribution >= 4 is 44.2 Å². The van der Waals surface area contributed by atoms with Crippen molar-refractivity contribution in [3.8, 4) is 0 Å². The van der Waals surface area contributed by atoms with Crippen LogP contribution in [0.4, 0.5) is 10.8 Å². The van der Waals surface area contributed by atoms with E-state index in [1.807, 2.05) is 31.2 Å². The molecule has 3 rings (SSSR count). The molecule has 0 atom stereocenters. The lowest BCUT2D eigenvalue weighted by molar-refractivity contribution is -0.111. The number of nitrogens with one attached hydrogen (secondary N) is 2. The topological polar surface area (TPSA) is 88.2 Å². The zero-order valence-electron chi connectivity index (χ0n) is 14.4. The summed E-state index contributed by atoms with van der Waals surface area (Å²) in [5.74, 6) is -0.299. The summed E-state index contributed by atoms with van der Waals surface area (Å²) in [5, 5.41) is 4.68. The molecule has 138 valence electrons. The summed E-state index contributed by atoms with van der Waals surface area (Å²) in [5.41, 5.74) is 2.57. The minimum absolute atomic E-state index is 0.0888. The van der Waals surface area contributed by atoms with Crippen molar-refractivity contribution in [2.45, 2.75) is 11.8 Å². The Morgan fingerprint density at radius 1 is 1.07 bits per heavy atom. The Hall–Kier alpha value is -2.97. The number of rotatable bonds is 6. The van der Waals surface area contributed by atoms with Crippen molar-refractivity contribution in [1.29, 1.82) is 0 Å². The molecule has 0 radical (unpaired) electrons. The Labute approximate surface area is 161 Å². The first-order valence-electron chi connectivity index (χ1n) is 8.00. The van der Waals surface area contributed by atoms with Gasteiger partial charge >= 0.3 is 0 Å². The zero-order chi connectivity index (χ0) is 19.3. The van der Waals surface area contributed by atoms with Crippen LogP contribution in [0.3, 0.4) is 0 Å². The summed E-state index contributed by atoms with van der Waals surface area (Å²) in [6.07, 6.45) is 4.66. The van der Waals surface area contributed by atoms with Crippen molar-refractivity contribution in [2.75, 3.05) is 10.0 Å². The third kappa shape index (κ3) is 5.25. The quantitative estimate of drug-likeness (QED) is 0.615. The number of benzene rings is 2. The van der Waals surface area contributed by atoms with Gasteiger partial charge in [0.15, 0.2) is 5.13 Å². The van der Waals surface area contributed by atoms with Crippen LogP contribution in [0, 0.1) is 6.92 Å². The van der Waals surface area contributed by atoms with Gasteiger partial charge in [-0.05, 0) is 42.8 Å². The van der Waals surface area contributed by atoms with Crippen LogP contribution in [0.15, 0.2) is 71.1 Å². The van der Waals surface area contributed by atoms with E-state index in [0.717, 1.165) is 11.1 Å². The van der Waals surface area contributed by atoms with Crippen molar-refractivity contribution in [1.82, 2.24) is 4.98 Å². The number of sulfonamides is 1. The van der Waals surface area contributed by atoms with Gasteiger partial charge in [-0.15, -0.1) is 11.3 Å². The summed E-state index contributed by atoms with van der Waals surface area (Å²) in [4.78, 5) is 16.0. The van der Waals surface area contributed by atoms with Crippen LogP contribution >= 0.6 is 11.3 Å². The maximum absolute atomic E-state index is 12.3. The molecule has 0 aliphatic rings. The SMILES string of the molecule is Cc1ccc(/C=C/C(=O)Nc2ccc(S(=O)(=O)Nc3nccs3)cc2)cc1. The number of thiazole rings is 1. The zero-order valence-corrected chi connectivity index (χ0v) is 16.0. The minimum atomic E-state index is -3.71. The Morgan fingerprint density at radius 2 is 1.78 bits per heavy atom. The smallest absolute Gasteiger partial charge is 0.263 e. The fraction of sp³-hybridized carbons (Fsp3) is 0.0526. The van der Waals surface area contributed by atoms with Crippen LogP contribution in [-0.4, -0.2) is 19.3 Å². The molecule has 1 aromatic heterocycles. The van der Waals surface area contributed by atoms with Gasteiger partial charge in [-0.25, -0.2) is 13.4 Å². The van der Waals surface area contributed by atoms with E-state index in [4.69, 9.17) is 0 Å². The van der Waals surface area contributed by atoms with Gasteiger partial charge in [-0.1, -0.05) is 29.8 Å². The van der Waals surface area contributed by atoms with Gasteiger partial charge in [-0.2, -0.15) is 0 Å². The van der Waals surface area contributed by atoms with Crippen LogP contribution in [0.1, 0.15) is 11.1 Å². The molecule has 0 saturated carbocycles. The molecule has 0 saturated heterocycles. The molecular weight excluding hydrogens is 382 g/mol. The van der Waals surface area contributed by atoms with E-state index in [-0.39, 0.29) is 10.8 Å². The molecule has 0 unspecified atom stereocenters. The average Bonchev–Trinajstić information content (AvgIpc) is 3.14. The molecule has 3 aromatic rings. The summed E-state index contributed by atoms with van der Waals surface area (Å²) < 4.78 is 26.9. The van der Waals surface area contributed by atoms with E-state index >= 15 is 0 Å². The Morgan fingerprint density at radius 3 is 2.41 bits per heavy atom. The number of amides is 1. The van der Waals surface area contributed by atoms with E-state index in [1.165, 1.54) is 47.9 Å². The first-order chi connectivity index (χ1) is 12.9. The molecule has 1 heterocycles. The molecule has 2 N–H and O–H groups in total. The van der Waals surface area contributed by atoms with Crippen molar-refractivity contribution < 1.29 is 13.2 Å². The molecule has 8 heteroatoms. The van der Waals surface area contributed by atoms with Crippen LogP contribution in [0.5, 0.6) is 0 Å². The largest absolute Gasteiger partial charge is 0.323 e. The van der Waals surface area contributed by atoms with E-state index in [9.17, 15) is 13.2 Å². The highest BCUT2D eigenvalue weighted by molar-refractivity contribution is 7.93. The highest BCUT2D eigenvalue weighted by Gasteiger charge is 2.15. The molecule has 0 bridgehead atoms. The number of carbonyl (C=O) groups is 1. The van der Waals surface area contributed by atoms with Crippen LogP contribution < -0.4 is 10.0 Å².